The van der Waals surface area contributed by atoms with E-state index >= 15 is 0 Å². The highest BCUT2D eigenvalue weighted by atomic mass is 16.6. The van der Waals surface area contributed by atoms with E-state index in [-0.39, 0.29) is 37.5 Å². The summed E-state index contributed by atoms with van der Waals surface area (Å²) in [4.78, 5) is 38.4. The van der Waals surface area contributed by atoms with Crippen LogP contribution in [0.3, 0.4) is 0 Å². The molecule has 0 aliphatic heterocycles. The van der Waals surface area contributed by atoms with Crippen LogP contribution < -0.4 is 0 Å². The Hall–Kier alpha value is -5.23. The maximum absolute atomic E-state index is 13.0. The van der Waals surface area contributed by atoms with Crippen LogP contribution in [-0.4, -0.2) is 37.2 Å². The number of carbonyl (C=O) groups is 3. The van der Waals surface area contributed by atoms with Gasteiger partial charge in [0.15, 0.2) is 6.10 Å². The van der Waals surface area contributed by atoms with E-state index in [1.807, 2.05) is 6.08 Å². The molecule has 0 rings (SSSR count). The van der Waals surface area contributed by atoms with Gasteiger partial charge in [0, 0.05) is 19.3 Å². The molecule has 0 aliphatic rings. The second kappa shape index (κ2) is 69.3. The number of esters is 3. The van der Waals surface area contributed by atoms with Gasteiger partial charge >= 0.3 is 17.9 Å². The maximum Gasteiger partial charge on any atom is 0.306 e. The molecule has 1 unspecified atom stereocenters. The molecule has 6 heteroatoms. The molecule has 0 spiro atoms. The predicted molar refractivity (Wildman–Crippen MR) is 361 cm³/mol. The summed E-state index contributed by atoms with van der Waals surface area (Å²) in [6, 6.07) is 0. The van der Waals surface area contributed by atoms with Gasteiger partial charge in [-0.15, -0.1) is 0 Å². The van der Waals surface area contributed by atoms with Crippen LogP contribution in [0.15, 0.2) is 170 Å². The fourth-order valence-corrected chi connectivity index (χ4v) is 8.74. The highest BCUT2D eigenvalue weighted by Crippen LogP contribution is 2.15. The first-order chi connectivity index (χ1) is 41.0. The summed E-state index contributed by atoms with van der Waals surface area (Å²) < 4.78 is 16.9. The van der Waals surface area contributed by atoms with Crippen LogP contribution in [0.1, 0.15) is 278 Å². The van der Waals surface area contributed by atoms with Crippen molar-refractivity contribution in [2.24, 2.45) is 0 Å². The SMILES string of the molecule is CC/C=C\C/C=C\C/C=C\C/C=C\C/C=C\C/C=C\CCCCCCCCC(=O)OCC(COC(=O)CC/C=C\C/C=C\C/C=C\C/C=C\C/C=C\C/C=C\CC)OC(=O)CCCCCCCCCCC/C=C\C/C=C\CCCCCCC. The highest BCUT2D eigenvalue weighted by molar-refractivity contribution is 5.71. The van der Waals surface area contributed by atoms with E-state index in [1.165, 1.54) is 96.3 Å². The monoisotopic (exact) mass is 1140 g/mol. The molecule has 0 heterocycles. The lowest BCUT2D eigenvalue weighted by Crippen LogP contribution is -2.30. The lowest BCUT2D eigenvalue weighted by molar-refractivity contribution is -0.166. The average Bonchev–Trinajstić information content (AvgIpc) is 3.50. The van der Waals surface area contributed by atoms with E-state index in [2.05, 4.69) is 185 Å². The Labute approximate surface area is 511 Å². The van der Waals surface area contributed by atoms with E-state index < -0.39 is 6.10 Å². The number of hydrogen-bond acceptors (Lipinski definition) is 6. The largest absolute Gasteiger partial charge is 0.462 e. The van der Waals surface area contributed by atoms with E-state index in [0.717, 1.165) is 135 Å². The second-order valence-electron chi connectivity index (χ2n) is 21.6. The minimum atomic E-state index is -0.829. The molecule has 0 saturated carbocycles. The smallest absolute Gasteiger partial charge is 0.306 e. The summed E-state index contributed by atoms with van der Waals surface area (Å²) in [6.45, 7) is 6.33. The summed E-state index contributed by atoms with van der Waals surface area (Å²) in [5, 5.41) is 0. The van der Waals surface area contributed by atoms with Crippen LogP contribution in [0.5, 0.6) is 0 Å². The van der Waals surface area contributed by atoms with Crippen molar-refractivity contribution < 1.29 is 28.6 Å². The molecule has 0 aromatic carbocycles. The van der Waals surface area contributed by atoms with Gasteiger partial charge in [0.05, 0.1) is 0 Å². The minimum Gasteiger partial charge on any atom is -0.462 e. The number of ether oxygens (including phenoxy) is 3. The van der Waals surface area contributed by atoms with Crippen molar-refractivity contribution in [3.05, 3.63) is 170 Å². The molecule has 0 radical (unpaired) electrons. The lowest BCUT2D eigenvalue weighted by Gasteiger charge is -2.18. The standard InChI is InChI=1S/C77H122O6/c1-4-7-10-13-16-19-22-25-28-31-34-36-37-38-39-41-43-46-49-52-55-58-61-64-67-70-76(79)82-73-74(72-81-75(78)69-66-63-60-57-54-51-48-45-42-33-30-27-24-21-18-15-12-9-6-3)83-77(80)71-68-65-62-59-56-53-50-47-44-40-35-32-29-26-23-20-17-14-11-8-5-2/h7,9-10,12,16,18-19,21,23,25-28,30,32,34-36,38-39,42-43,45-46,51,54,60,63,74H,4-6,8,11,13-15,17,20,22,24,29,31,33,37,40-41,44,47-50,52-53,55-59,61-62,64-73H2,1-3H3/b10-7-,12-9-,19-16-,21-18-,26-23-,28-25-,30-27-,35-32-,36-34-,39-38-,45-42-,46-43-,54-51-,63-60-. The quantitative estimate of drug-likeness (QED) is 0.0261. The molecule has 0 aromatic heterocycles. The molecular weight excluding hydrogens is 1020 g/mol. The Morgan fingerprint density at radius 3 is 0.807 bits per heavy atom. The molecule has 0 aromatic rings. The van der Waals surface area contributed by atoms with Gasteiger partial charge in [0.1, 0.15) is 13.2 Å². The molecule has 0 aliphatic carbocycles. The molecule has 0 saturated heterocycles. The molecule has 0 fully saturated rings. The number of carbonyl (C=O) groups excluding carboxylic acids is 3. The Balaban J connectivity index is 4.54. The van der Waals surface area contributed by atoms with Gasteiger partial charge < -0.3 is 14.2 Å². The first-order valence-corrected chi connectivity index (χ1v) is 33.6. The zero-order valence-corrected chi connectivity index (χ0v) is 53.4. The number of unbranched alkanes of at least 4 members (excludes halogenated alkanes) is 20. The van der Waals surface area contributed by atoms with Gasteiger partial charge in [0.25, 0.3) is 0 Å². The van der Waals surface area contributed by atoms with Crippen molar-refractivity contribution in [2.45, 2.75) is 284 Å². The fourth-order valence-electron chi connectivity index (χ4n) is 8.74. The van der Waals surface area contributed by atoms with Gasteiger partial charge in [-0.2, -0.15) is 0 Å². The number of allylic oxidation sites excluding steroid dienone is 28. The lowest BCUT2D eigenvalue weighted by atomic mass is 10.1. The van der Waals surface area contributed by atoms with Crippen LogP contribution in [0.2, 0.25) is 0 Å². The van der Waals surface area contributed by atoms with E-state index in [4.69, 9.17) is 14.2 Å². The zero-order chi connectivity index (χ0) is 59.9. The van der Waals surface area contributed by atoms with Gasteiger partial charge in [-0.25, -0.2) is 0 Å². The Kier molecular flexibility index (Phi) is 64.9. The van der Waals surface area contributed by atoms with Crippen LogP contribution in [-0.2, 0) is 28.6 Å². The third-order valence-electron chi connectivity index (χ3n) is 13.7. The third kappa shape index (κ3) is 67.4. The average molecular weight is 1140 g/mol. The summed E-state index contributed by atoms with van der Waals surface area (Å²) >= 11 is 0. The summed E-state index contributed by atoms with van der Waals surface area (Å²) in [5.41, 5.74) is 0. The van der Waals surface area contributed by atoms with Crippen LogP contribution in [0, 0.1) is 0 Å². The molecule has 83 heavy (non-hydrogen) atoms. The van der Waals surface area contributed by atoms with E-state index in [9.17, 15) is 14.4 Å². The number of hydrogen-bond donors (Lipinski definition) is 0. The highest BCUT2D eigenvalue weighted by Gasteiger charge is 2.19. The molecule has 0 N–H and O–H groups in total. The molecular formula is C77H122O6. The van der Waals surface area contributed by atoms with Crippen molar-refractivity contribution in [3.63, 3.8) is 0 Å². The van der Waals surface area contributed by atoms with Crippen molar-refractivity contribution >= 4 is 17.9 Å². The maximum atomic E-state index is 13.0. The predicted octanol–water partition coefficient (Wildman–Crippen LogP) is 23.4. The number of rotatable bonds is 59. The van der Waals surface area contributed by atoms with Gasteiger partial charge in [-0.05, 0) is 141 Å². The third-order valence-corrected chi connectivity index (χ3v) is 13.7. The Morgan fingerprint density at radius 1 is 0.253 bits per heavy atom. The fraction of sp³-hybridized carbons (Fsp3) is 0.597. The first kappa shape index (κ1) is 77.8. The molecule has 0 bridgehead atoms. The van der Waals surface area contributed by atoms with Crippen LogP contribution in [0.25, 0.3) is 0 Å². The van der Waals surface area contributed by atoms with E-state index in [0.29, 0.717) is 19.3 Å². The van der Waals surface area contributed by atoms with Gasteiger partial charge in [0.2, 0.25) is 0 Å². The molecule has 466 valence electrons. The molecule has 6 nitrogen and oxygen atoms in total. The summed E-state index contributed by atoms with van der Waals surface area (Å²) in [7, 11) is 0. The van der Waals surface area contributed by atoms with E-state index in [1.54, 1.807) is 0 Å². The Bertz CT molecular complexity index is 1890. The Morgan fingerprint density at radius 2 is 0.494 bits per heavy atom. The molecule has 0 amide bonds. The van der Waals surface area contributed by atoms with Crippen molar-refractivity contribution in [1.29, 1.82) is 0 Å². The van der Waals surface area contributed by atoms with Crippen LogP contribution >= 0.6 is 0 Å². The first-order valence-electron chi connectivity index (χ1n) is 33.6. The van der Waals surface area contributed by atoms with Gasteiger partial charge in [-0.3, -0.25) is 14.4 Å². The zero-order valence-electron chi connectivity index (χ0n) is 53.4. The van der Waals surface area contributed by atoms with Gasteiger partial charge in [-0.1, -0.05) is 287 Å². The van der Waals surface area contributed by atoms with Crippen molar-refractivity contribution in [2.75, 3.05) is 13.2 Å². The van der Waals surface area contributed by atoms with Crippen LogP contribution in [0.4, 0.5) is 0 Å². The second-order valence-corrected chi connectivity index (χ2v) is 21.6. The molecule has 1 atom stereocenters. The van der Waals surface area contributed by atoms with Crippen molar-refractivity contribution in [1.82, 2.24) is 0 Å². The topological polar surface area (TPSA) is 78.9 Å². The normalized spacial score (nSPS) is 13.2. The minimum absolute atomic E-state index is 0.119. The summed E-state index contributed by atoms with van der Waals surface area (Å²) in [6.07, 6.45) is 102. The summed E-state index contributed by atoms with van der Waals surface area (Å²) in [5.74, 6) is -1.02. The van der Waals surface area contributed by atoms with Crippen molar-refractivity contribution in [3.8, 4) is 0 Å².